The Bertz CT molecular complexity index is 958. The van der Waals surface area contributed by atoms with Gasteiger partial charge in [0.2, 0.25) is 5.91 Å². The third-order valence-electron chi connectivity index (χ3n) is 5.04. The van der Waals surface area contributed by atoms with E-state index in [-0.39, 0.29) is 18.1 Å². The number of pyridine rings is 1. The van der Waals surface area contributed by atoms with E-state index < -0.39 is 0 Å². The van der Waals surface area contributed by atoms with Crippen molar-refractivity contribution in [3.05, 3.63) is 71.7 Å². The molecule has 3 rings (SSSR count). The van der Waals surface area contributed by atoms with Crippen molar-refractivity contribution in [1.82, 2.24) is 9.88 Å². The van der Waals surface area contributed by atoms with Gasteiger partial charge in [-0.15, -0.1) is 0 Å². The minimum absolute atomic E-state index is 0.241. The smallest absolute Gasteiger partial charge is 0.248 e. The fourth-order valence-electron chi connectivity index (χ4n) is 3.73. The van der Waals surface area contributed by atoms with E-state index in [1.807, 2.05) is 24.3 Å². The first-order valence-corrected chi connectivity index (χ1v) is 10.3. The van der Waals surface area contributed by atoms with Crippen molar-refractivity contribution in [2.24, 2.45) is 5.73 Å². The van der Waals surface area contributed by atoms with Crippen molar-refractivity contribution < 1.29 is 9.53 Å². The first kappa shape index (κ1) is 22.4. The molecule has 1 amide bonds. The van der Waals surface area contributed by atoms with Crippen LogP contribution in [0.2, 0.25) is 0 Å². The maximum Gasteiger partial charge on any atom is 0.248 e. The standard InChI is InChI=1S/C24H29N5O2/c1-17-14-29(15-18(2)31-17)16-19-3-6-22(7-4-19)28-24(30)8-5-20-13-27-10-9-23(20)21(11-25)12-26/h3-13,17-18,25H,14-16,26H2,1-2H3,(H,28,30)/b8-5+,21-12+,25-11?. The SMILES string of the molecule is CC1CN(Cc2ccc(NC(=O)/C=C/c3cnccc3/C(C=N)=C/N)cc2)CC(C)O1. The summed E-state index contributed by atoms with van der Waals surface area (Å²) in [5, 5.41) is 10.3. The number of carbonyl (C=O) groups excluding carboxylic acids is 1. The molecule has 7 heteroatoms. The summed E-state index contributed by atoms with van der Waals surface area (Å²) in [6.07, 6.45) is 9.39. The van der Waals surface area contributed by atoms with E-state index in [1.165, 1.54) is 24.1 Å². The first-order chi connectivity index (χ1) is 15.0. The van der Waals surface area contributed by atoms with Crippen LogP contribution in [0.1, 0.15) is 30.5 Å². The van der Waals surface area contributed by atoms with Crippen LogP contribution in [0.4, 0.5) is 5.69 Å². The summed E-state index contributed by atoms with van der Waals surface area (Å²) in [4.78, 5) is 18.8. The minimum Gasteiger partial charge on any atom is -0.404 e. The molecule has 1 aromatic carbocycles. The first-order valence-electron chi connectivity index (χ1n) is 10.3. The molecule has 7 nitrogen and oxygen atoms in total. The Hall–Kier alpha value is -3.29. The Kier molecular flexibility index (Phi) is 7.70. The molecule has 2 atom stereocenters. The number of amides is 1. The molecule has 162 valence electrons. The zero-order chi connectivity index (χ0) is 22.2. The van der Waals surface area contributed by atoms with E-state index in [9.17, 15) is 4.79 Å². The predicted molar refractivity (Wildman–Crippen MR) is 125 cm³/mol. The molecule has 1 aliphatic heterocycles. The molecular weight excluding hydrogens is 390 g/mol. The summed E-state index contributed by atoms with van der Waals surface area (Å²) < 4.78 is 5.79. The highest BCUT2D eigenvalue weighted by Crippen LogP contribution is 2.18. The lowest BCUT2D eigenvalue weighted by molar-refractivity contribution is -0.111. The number of morpholine rings is 1. The van der Waals surface area contributed by atoms with E-state index >= 15 is 0 Å². The molecule has 1 fully saturated rings. The van der Waals surface area contributed by atoms with E-state index in [4.69, 9.17) is 15.9 Å². The average molecular weight is 420 g/mol. The van der Waals surface area contributed by atoms with Gasteiger partial charge in [-0.25, -0.2) is 0 Å². The van der Waals surface area contributed by atoms with Gasteiger partial charge in [-0.2, -0.15) is 0 Å². The normalized spacial score (nSPS) is 20.0. The Morgan fingerprint density at radius 2 is 1.97 bits per heavy atom. The molecule has 4 N–H and O–H groups in total. The fourth-order valence-corrected chi connectivity index (χ4v) is 3.73. The molecule has 0 spiro atoms. The molecule has 1 aromatic heterocycles. The second kappa shape index (κ2) is 10.7. The molecule has 2 unspecified atom stereocenters. The molecule has 2 aromatic rings. The monoisotopic (exact) mass is 419 g/mol. The van der Waals surface area contributed by atoms with Gasteiger partial charge in [0.25, 0.3) is 0 Å². The van der Waals surface area contributed by atoms with Gasteiger partial charge in [0.15, 0.2) is 0 Å². The minimum atomic E-state index is -0.244. The van der Waals surface area contributed by atoms with Gasteiger partial charge in [-0.1, -0.05) is 12.1 Å². The molecule has 0 radical (unpaired) electrons. The zero-order valence-electron chi connectivity index (χ0n) is 17.9. The molecule has 0 aliphatic carbocycles. The number of nitrogens with one attached hydrogen (secondary N) is 2. The van der Waals surface area contributed by atoms with Gasteiger partial charge in [0.05, 0.1) is 12.2 Å². The molecule has 0 saturated carbocycles. The number of nitrogens with two attached hydrogens (primary N) is 1. The Morgan fingerprint density at radius 1 is 1.26 bits per heavy atom. The van der Waals surface area contributed by atoms with E-state index in [0.717, 1.165) is 30.9 Å². The fraction of sp³-hybridized carbons (Fsp3) is 0.292. The van der Waals surface area contributed by atoms with Crippen molar-refractivity contribution >= 4 is 29.5 Å². The van der Waals surface area contributed by atoms with Crippen LogP contribution in [0.15, 0.2) is 55.0 Å². The number of carbonyl (C=O) groups is 1. The number of ether oxygens (including phenoxy) is 1. The average Bonchev–Trinajstić information content (AvgIpc) is 2.74. The van der Waals surface area contributed by atoms with Crippen LogP contribution in [0, 0.1) is 5.41 Å². The van der Waals surface area contributed by atoms with E-state index in [2.05, 4.69) is 29.0 Å². The van der Waals surface area contributed by atoms with Crippen LogP contribution in [-0.4, -0.2) is 47.3 Å². The third-order valence-corrected chi connectivity index (χ3v) is 5.04. The molecular formula is C24H29N5O2. The van der Waals surface area contributed by atoms with Gasteiger partial charge in [0.1, 0.15) is 0 Å². The van der Waals surface area contributed by atoms with Crippen molar-refractivity contribution in [3.63, 3.8) is 0 Å². The Balaban J connectivity index is 1.60. The van der Waals surface area contributed by atoms with Gasteiger partial charge < -0.3 is 21.2 Å². The van der Waals surface area contributed by atoms with Crippen LogP contribution in [0.3, 0.4) is 0 Å². The topological polar surface area (TPSA) is 104 Å². The summed E-state index contributed by atoms with van der Waals surface area (Å²) in [6.45, 7) is 6.90. The number of nitrogens with zero attached hydrogens (tertiary/aromatic N) is 2. The zero-order valence-corrected chi connectivity index (χ0v) is 17.9. The molecule has 1 saturated heterocycles. The predicted octanol–water partition coefficient (Wildman–Crippen LogP) is 3.29. The Labute approximate surface area is 183 Å². The number of hydrogen-bond acceptors (Lipinski definition) is 6. The van der Waals surface area contributed by atoms with Crippen LogP contribution < -0.4 is 11.1 Å². The lowest BCUT2D eigenvalue weighted by atomic mass is 10.0. The lowest BCUT2D eigenvalue weighted by Crippen LogP contribution is -2.44. The third kappa shape index (κ3) is 6.34. The van der Waals surface area contributed by atoms with Gasteiger partial charge >= 0.3 is 0 Å². The van der Waals surface area contributed by atoms with Crippen molar-refractivity contribution in [2.45, 2.75) is 32.6 Å². The maximum absolute atomic E-state index is 12.4. The number of anilines is 1. The summed E-state index contributed by atoms with van der Waals surface area (Å²) in [5.41, 5.74) is 9.52. The maximum atomic E-state index is 12.4. The van der Waals surface area contributed by atoms with Crippen LogP contribution in [0.5, 0.6) is 0 Å². The van der Waals surface area contributed by atoms with Gasteiger partial charge in [-0.3, -0.25) is 14.7 Å². The summed E-state index contributed by atoms with van der Waals surface area (Å²) in [5.74, 6) is -0.244. The van der Waals surface area contributed by atoms with Crippen LogP contribution in [0.25, 0.3) is 11.6 Å². The largest absolute Gasteiger partial charge is 0.404 e. The summed E-state index contributed by atoms with van der Waals surface area (Å²) >= 11 is 0. The number of benzene rings is 1. The van der Waals surface area contributed by atoms with Crippen molar-refractivity contribution in [3.8, 4) is 0 Å². The molecule has 2 heterocycles. The number of allylic oxidation sites excluding steroid dienone is 1. The Morgan fingerprint density at radius 3 is 2.61 bits per heavy atom. The number of hydrogen-bond donors (Lipinski definition) is 3. The number of aromatic nitrogens is 1. The molecule has 0 bridgehead atoms. The van der Waals surface area contributed by atoms with Gasteiger partial charge in [0, 0.05) is 67.3 Å². The highest BCUT2D eigenvalue weighted by molar-refractivity contribution is 6.10. The molecule has 31 heavy (non-hydrogen) atoms. The highest BCUT2D eigenvalue weighted by Gasteiger charge is 2.21. The summed E-state index contributed by atoms with van der Waals surface area (Å²) in [7, 11) is 0. The van der Waals surface area contributed by atoms with E-state index in [1.54, 1.807) is 24.5 Å². The summed E-state index contributed by atoms with van der Waals surface area (Å²) in [6, 6.07) is 9.65. The van der Waals surface area contributed by atoms with Crippen LogP contribution >= 0.6 is 0 Å². The number of rotatable bonds is 7. The van der Waals surface area contributed by atoms with Crippen molar-refractivity contribution in [2.75, 3.05) is 18.4 Å². The lowest BCUT2D eigenvalue weighted by Gasteiger charge is -2.35. The second-order valence-corrected chi connectivity index (χ2v) is 7.70. The molecule has 1 aliphatic rings. The second-order valence-electron chi connectivity index (χ2n) is 7.70. The van der Waals surface area contributed by atoms with Crippen molar-refractivity contribution in [1.29, 1.82) is 5.41 Å². The van der Waals surface area contributed by atoms with E-state index in [0.29, 0.717) is 11.1 Å². The quantitative estimate of drug-likeness (QED) is 0.472. The highest BCUT2D eigenvalue weighted by atomic mass is 16.5. The van der Waals surface area contributed by atoms with Crippen LogP contribution in [-0.2, 0) is 16.1 Å². The van der Waals surface area contributed by atoms with Gasteiger partial charge in [-0.05, 0) is 49.2 Å².